The zero-order valence-electron chi connectivity index (χ0n) is 24.0. The van der Waals surface area contributed by atoms with Crippen LogP contribution in [-0.2, 0) is 15.7 Å². The minimum Gasteiger partial charge on any atom is -0.305 e. The lowest BCUT2D eigenvalue weighted by Crippen LogP contribution is -2.46. The molecule has 0 N–H and O–H groups in total. The number of nitrogens with zero attached hydrogens (tertiary/aromatic N) is 4. The maximum atomic E-state index is 14.2. The molecule has 206 valence electrons. The number of hydrogen-bond acceptors (Lipinski definition) is 4. The van der Waals surface area contributed by atoms with Gasteiger partial charge in [0.25, 0.3) is 5.91 Å². The molecule has 0 bridgehead atoms. The Hall–Kier alpha value is -3.95. The monoisotopic (exact) mass is 534 g/mol. The van der Waals surface area contributed by atoms with Gasteiger partial charge in [-0.1, -0.05) is 83.9 Å². The van der Waals surface area contributed by atoms with Crippen molar-refractivity contribution in [3.05, 3.63) is 106 Å². The van der Waals surface area contributed by atoms with Crippen molar-refractivity contribution >= 4 is 11.9 Å². The van der Waals surface area contributed by atoms with E-state index in [9.17, 15) is 14.9 Å². The zero-order valence-corrected chi connectivity index (χ0v) is 24.0. The van der Waals surface area contributed by atoms with Gasteiger partial charge in [-0.15, -0.1) is 0 Å². The quantitative estimate of drug-likeness (QED) is 0.365. The predicted molar refractivity (Wildman–Crippen MR) is 157 cm³/mol. The molecule has 3 amide bonds. The Balaban J connectivity index is 1.31. The number of amides is 3. The molecule has 0 spiro atoms. The number of carbonyl (C=O) groups is 2. The van der Waals surface area contributed by atoms with Crippen LogP contribution in [0.25, 0.3) is 0 Å². The van der Waals surface area contributed by atoms with Gasteiger partial charge in [0.05, 0.1) is 11.5 Å². The molecule has 5 rings (SSSR count). The van der Waals surface area contributed by atoms with Crippen LogP contribution < -0.4 is 0 Å². The number of urea groups is 1. The molecule has 0 aromatic heterocycles. The third kappa shape index (κ3) is 4.59. The average Bonchev–Trinajstić information content (AvgIpc) is 3.15. The summed E-state index contributed by atoms with van der Waals surface area (Å²) in [5.41, 5.74) is 4.45. The molecule has 0 unspecified atom stereocenters. The summed E-state index contributed by atoms with van der Waals surface area (Å²) in [7, 11) is 1.73. The number of benzene rings is 3. The summed E-state index contributed by atoms with van der Waals surface area (Å²) in [5, 5.41) is 10.1. The smallest absolute Gasteiger partial charge is 0.305 e. The van der Waals surface area contributed by atoms with Crippen LogP contribution in [0, 0.1) is 32.1 Å². The topological polar surface area (TPSA) is 67.6 Å². The molecular formula is C34H38N4O2. The van der Waals surface area contributed by atoms with E-state index < -0.39 is 11.0 Å². The van der Waals surface area contributed by atoms with Crippen LogP contribution in [0.15, 0.2) is 72.8 Å². The van der Waals surface area contributed by atoms with E-state index in [0.29, 0.717) is 13.0 Å². The third-order valence-electron chi connectivity index (χ3n) is 8.95. The van der Waals surface area contributed by atoms with Crippen molar-refractivity contribution in [1.82, 2.24) is 14.7 Å². The summed E-state index contributed by atoms with van der Waals surface area (Å²) in [6.07, 6.45) is 2.25. The normalized spacial score (nSPS) is 18.7. The van der Waals surface area contributed by atoms with Gasteiger partial charge in [0, 0.05) is 13.6 Å². The first kappa shape index (κ1) is 27.6. The van der Waals surface area contributed by atoms with Crippen molar-refractivity contribution in [2.75, 3.05) is 33.2 Å². The van der Waals surface area contributed by atoms with E-state index in [1.807, 2.05) is 74.5 Å². The van der Waals surface area contributed by atoms with Crippen LogP contribution in [0.3, 0.4) is 0 Å². The van der Waals surface area contributed by atoms with E-state index in [2.05, 4.69) is 30.0 Å². The Morgan fingerprint density at radius 1 is 0.800 bits per heavy atom. The van der Waals surface area contributed by atoms with Gasteiger partial charge in [-0.25, -0.2) is 4.79 Å². The number of carbonyl (C=O) groups excluding carboxylic acids is 2. The Kier molecular flexibility index (Phi) is 7.53. The fourth-order valence-corrected chi connectivity index (χ4v) is 6.50. The zero-order chi connectivity index (χ0) is 28.5. The largest absolute Gasteiger partial charge is 0.327 e. The van der Waals surface area contributed by atoms with Crippen molar-refractivity contribution in [2.45, 2.75) is 51.0 Å². The number of piperidine rings is 1. The van der Waals surface area contributed by atoms with Crippen LogP contribution >= 0.6 is 0 Å². The second-order valence-electron chi connectivity index (χ2n) is 11.4. The molecule has 0 atom stereocenters. The Morgan fingerprint density at radius 3 is 1.88 bits per heavy atom. The summed E-state index contributed by atoms with van der Waals surface area (Å²) in [5.74, 6) is -0.200. The summed E-state index contributed by atoms with van der Waals surface area (Å²) in [6, 6.07) is 26.4. The lowest BCUT2D eigenvalue weighted by atomic mass is 9.72. The van der Waals surface area contributed by atoms with E-state index in [1.54, 1.807) is 11.9 Å². The van der Waals surface area contributed by atoms with Gasteiger partial charge in [0.1, 0.15) is 0 Å². The highest BCUT2D eigenvalue weighted by Crippen LogP contribution is 2.43. The van der Waals surface area contributed by atoms with Crippen molar-refractivity contribution in [1.29, 1.82) is 5.26 Å². The molecule has 40 heavy (non-hydrogen) atoms. The molecule has 2 aliphatic heterocycles. The molecule has 3 aromatic rings. The van der Waals surface area contributed by atoms with Crippen LogP contribution in [0.4, 0.5) is 4.79 Å². The van der Waals surface area contributed by atoms with Gasteiger partial charge in [-0.05, 0) is 81.9 Å². The molecule has 2 aliphatic rings. The van der Waals surface area contributed by atoms with Gasteiger partial charge in [0.2, 0.25) is 0 Å². The van der Waals surface area contributed by atoms with Gasteiger partial charge < -0.3 is 9.80 Å². The fourth-order valence-electron chi connectivity index (χ4n) is 6.50. The highest BCUT2D eigenvalue weighted by atomic mass is 16.2. The molecule has 2 fully saturated rings. The minimum atomic E-state index is -1.19. The van der Waals surface area contributed by atoms with Crippen LogP contribution in [0.1, 0.15) is 52.6 Å². The SMILES string of the molecule is Cc1ccc(C2(c3ccc(C)cc3)C(=O)N(CCCN3CCC(C#N)(c4ccccc4C)CC3)C(=O)N2C)cc1. The molecule has 6 nitrogen and oxygen atoms in total. The lowest BCUT2D eigenvalue weighted by Gasteiger charge is -2.38. The molecule has 2 saturated heterocycles. The van der Waals surface area contributed by atoms with Crippen molar-refractivity contribution < 1.29 is 9.59 Å². The van der Waals surface area contributed by atoms with Gasteiger partial charge in [-0.3, -0.25) is 9.69 Å². The molecule has 0 radical (unpaired) electrons. The Bertz CT molecular complexity index is 1380. The second-order valence-corrected chi connectivity index (χ2v) is 11.4. The first-order valence-corrected chi connectivity index (χ1v) is 14.2. The van der Waals surface area contributed by atoms with E-state index >= 15 is 0 Å². The summed E-state index contributed by atoms with van der Waals surface area (Å²) >= 11 is 0. The highest BCUT2D eigenvalue weighted by Gasteiger charge is 2.57. The molecule has 0 aliphatic carbocycles. The standard InChI is InChI=1S/C34H38N4O2/c1-25-10-14-28(15-11-25)34(29-16-12-26(2)13-17-29)31(39)38(32(40)36(34)4)21-7-20-37-22-18-33(24-35,19-23-37)30-9-6-5-8-27(30)3/h5-6,8-17H,7,18-23H2,1-4H3. The number of nitriles is 1. The van der Waals surface area contributed by atoms with Gasteiger partial charge in [-0.2, -0.15) is 5.26 Å². The summed E-state index contributed by atoms with van der Waals surface area (Å²) < 4.78 is 0. The molecule has 2 heterocycles. The van der Waals surface area contributed by atoms with Gasteiger partial charge in [0.15, 0.2) is 5.54 Å². The van der Waals surface area contributed by atoms with Crippen molar-refractivity contribution in [3.8, 4) is 6.07 Å². The van der Waals surface area contributed by atoms with Crippen molar-refractivity contribution in [2.24, 2.45) is 0 Å². The van der Waals surface area contributed by atoms with E-state index in [0.717, 1.165) is 60.3 Å². The van der Waals surface area contributed by atoms with E-state index in [-0.39, 0.29) is 11.9 Å². The maximum Gasteiger partial charge on any atom is 0.327 e. The third-order valence-corrected chi connectivity index (χ3v) is 8.95. The first-order valence-electron chi connectivity index (χ1n) is 14.2. The first-order chi connectivity index (χ1) is 19.2. The van der Waals surface area contributed by atoms with E-state index in [4.69, 9.17) is 0 Å². The number of likely N-dealkylation sites (N-methyl/N-ethyl adjacent to an activating group) is 1. The van der Waals surface area contributed by atoms with Crippen LogP contribution in [0.5, 0.6) is 0 Å². The number of imide groups is 1. The molecular weight excluding hydrogens is 496 g/mol. The van der Waals surface area contributed by atoms with Crippen LogP contribution in [0.2, 0.25) is 0 Å². The number of rotatable bonds is 7. The highest BCUT2D eigenvalue weighted by molar-refractivity contribution is 6.09. The summed E-state index contributed by atoms with van der Waals surface area (Å²) in [4.78, 5) is 33.2. The lowest BCUT2D eigenvalue weighted by molar-refractivity contribution is -0.131. The molecule has 3 aromatic carbocycles. The fraction of sp³-hybridized carbons (Fsp3) is 0.382. The summed E-state index contributed by atoms with van der Waals surface area (Å²) in [6.45, 7) is 8.89. The Labute approximate surface area is 237 Å². The Morgan fingerprint density at radius 2 is 1.35 bits per heavy atom. The number of hydrogen-bond donors (Lipinski definition) is 0. The maximum absolute atomic E-state index is 14.2. The van der Waals surface area contributed by atoms with Gasteiger partial charge >= 0.3 is 6.03 Å². The number of aryl methyl sites for hydroxylation is 3. The van der Waals surface area contributed by atoms with E-state index in [1.165, 1.54) is 10.5 Å². The number of likely N-dealkylation sites (tertiary alicyclic amines) is 1. The van der Waals surface area contributed by atoms with Crippen molar-refractivity contribution in [3.63, 3.8) is 0 Å². The minimum absolute atomic E-state index is 0.200. The van der Waals surface area contributed by atoms with Crippen LogP contribution in [-0.4, -0.2) is 59.9 Å². The second kappa shape index (κ2) is 10.9. The average molecular weight is 535 g/mol. The predicted octanol–water partition coefficient (Wildman–Crippen LogP) is 5.70. The molecule has 0 saturated carbocycles. The molecule has 6 heteroatoms.